The standard InChI is InChI=1S/C22H28N4O/c1-4-25(5-2)16-20(18-11-7-6-8-12-18)23-15-19-14-22(27)26-17(3)10-9-13-21(26)24-19/h6-14,20,23H,4-5,15-16H2,1-3H3/p+2/t20-/m0/s1. The van der Waals surface area contributed by atoms with E-state index in [1.807, 2.05) is 25.1 Å². The summed E-state index contributed by atoms with van der Waals surface area (Å²) < 4.78 is 1.66. The highest BCUT2D eigenvalue weighted by Crippen LogP contribution is 2.07. The van der Waals surface area contributed by atoms with Gasteiger partial charge in [0.25, 0.3) is 5.56 Å². The van der Waals surface area contributed by atoms with E-state index in [9.17, 15) is 4.79 Å². The average molecular weight is 367 g/mol. The van der Waals surface area contributed by atoms with Gasteiger partial charge in [0.2, 0.25) is 0 Å². The van der Waals surface area contributed by atoms with Gasteiger partial charge in [-0.05, 0) is 32.9 Å². The van der Waals surface area contributed by atoms with E-state index in [0.29, 0.717) is 12.6 Å². The first-order chi connectivity index (χ1) is 13.1. The van der Waals surface area contributed by atoms with Gasteiger partial charge < -0.3 is 10.2 Å². The lowest BCUT2D eigenvalue weighted by Crippen LogP contribution is -3.14. The molecule has 0 spiro atoms. The van der Waals surface area contributed by atoms with Gasteiger partial charge in [-0.1, -0.05) is 36.4 Å². The fraction of sp³-hybridized carbons (Fsp3) is 0.364. The van der Waals surface area contributed by atoms with E-state index in [0.717, 1.165) is 36.7 Å². The summed E-state index contributed by atoms with van der Waals surface area (Å²) in [5.41, 5.74) is 3.78. The van der Waals surface area contributed by atoms with Crippen molar-refractivity contribution < 1.29 is 10.2 Å². The smallest absolute Gasteiger partial charge is 0.258 e. The van der Waals surface area contributed by atoms with Crippen molar-refractivity contribution in [2.75, 3.05) is 19.6 Å². The van der Waals surface area contributed by atoms with E-state index in [1.54, 1.807) is 15.4 Å². The number of fused-ring (bicyclic) bond motifs is 1. The molecule has 0 bridgehead atoms. The van der Waals surface area contributed by atoms with Crippen LogP contribution in [0.3, 0.4) is 0 Å². The molecule has 0 amide bonds. The van der Waals surface area contributed by atoms with Gasteiger partial charge >= 0.3 is 0 Å². The van der Waals surface area contributed by atoms with Crippen LogP contribution >= 0.6 is 0 Å². The third-order valence-electron chi connectivity index (χ3n) is 5.28. The van der Waals surface area contributed by atoms with Crippen LogP contribution in [-0.2, 0) is 6.54 Å². The number of rotatable bonds is 8. The number of hydrogen-bond acceptors (Lipinski definition) is 2. The number of aryl methyl sites for hydroxylation is 1. The molecule has 0 aliphatic carbocycles. The molecule has 3 aromatic rings. The number of benzene rings is 1. The molecule has 1 aromatic carbocycles. The van der Waals surface area contributed by atoms with Gasteiger partial charge in [-0.3, -0.25) is 9.20 Å². The molecule has 0 unspecified atom stereocenters. The quantitative estimate of drug-likeness (QED) is 0.618. The van der Waals surface area contributed by atoms with Crippen LogP contribution in [0.25, 0.3) is 5.65 Å². The SMILES string of the molecule is CC[NH+](CC)C[C@H]([NH2+]Cc1cc(=O)n2c(C)cccc2n1)c1ccccc1. The minimum absolute atomic E-state index is 0.00729. The van der Waals surface area contributed by atoms with E-state index in [-0.39, 0.29) is 5.56 Å². The Hall–Kier alpha value is -2.50. The molecule has 5 heteroatoms. The lowest BCUT2D eigenvalue weighted by Gasteiger charge is -2.22. The molecule has 3 rings (SSSR count). The monoisotopic (exact) mass is 366 g/mol. The van der Waals surface area contributed by atoms with E-state index in [4.69, 9.17) is 4.98 Å². The van der Waals surface area contributed by atoms with Crippen molar-refractivity contribution in [1.82, 2.24) is 9.38 Å². The molecule has 27 heavy (non-hydrogen) atoms. The van der Waals surface area contributed by atoms with Crippen molar-refractivity contribution in [3.63, 3.8) is 0 Å². The number of nitrogens with zero attached hydrogens (tertiary/aromatic N) is 2. The average Bonchev–Trinajstić information content (AvgIpc) is 2.69. The van der Waals surface area contributed by atoms with Crippen LogP contribution < -0.4 is 15.8 Å². The Bertz CT molecular complexity index is 932. The maximum absolute atomic E-state index is 12.5. The zero-order valence-electron chi connectivity index (χ0n) is 16.5. The van der Waals surface area contributed by atoms with Crippen LogP contribution in [-0.4, -0.2) is 29.0 Å². The highest BCUT2D eigenvalue weighted by atomic mass is 16.1. The summed E-state index contributed by atoms with van der Waals surface area (Å²) in [5, 5.41) is 2.31. The molecule has 0 saturated carbocycles. The number of hydrogen-bond donors (Lipinski definition) is 2. The second kappa shape index (κ2) is 8.93. The molecule has 0 fully saturated rings. The third kappa shape index (κ3) is 4.62. The summed E-state index contributed by atoms with van der Waals surface area (Å²) in [4.78, 5) is 18.8. The normalized spacial score (nSPS) is 12.6. The van der Waals surface area contributed by atoms with Crippen molar-refractivity contribution >= 4 is 5.65 Å². The van der Waals surface area contributed by atoms with Crippen molar-refractivity contribution in [3.8, 4) is 0 Å². The predicted octanol–water partition coefficient (Wildman–Crippen LogP) is 0.732. The Morgan fingerprint density at radius 3 is 2.52 bits per heavy atom. The molecule has 0 aliphatic heterocycles. The number of quaternary nitrogens is 2. The first-order valence-electron chi connectivity index (χ1n) is 9.82. The Balaban J connectivity index is 1.83. The van der Waals surface area contributed by atoms with Crippen LogP contribution in [0.4, 0.5) is 0 Å². The number of pyridine rings is 1. The Morgan fingerprint density at radius 1 is 1.07 bits per heavy atom. The molecule has 1 atom stereocenters. The maximum Gasteiger partial charge on any atom is 0.258 e. The second-order valence-corrected chi connectivity index (χ2v) is 7.06. The van der Waals surface area contributed by atoms with Gasteiger partial charge in [-0.15, -0.1) is 0 Å². The van der Waals surface area contributed by atoms with Crippen LogP contribution in [0, 0.1) is 6.92 Å². The zero-order valence-corrected chi connectivity index (χ0v) is 16.5. The van der Waals surface area contributed by atoms with Gasteiger partial charge in [0.05, 0.1) is 13.1 Å². The lowest BCUT2D eigenvalue weighted by atomic mass is 10.1. The van der Waals surface area contributed by atoms with Gasteiger partial charge in [0, 0.05) is 17.3 Å². The van der Waals surface area contributed by atoms with Crippen molar-refractivity contribution in [3.05, 3.63) is 81.9 Å². The zero-order chi connectivity index (χ0) is 19.2. The molecule has 3 N–H and O–H groups in total. The van der Waals surface area contributed by atoms with Crippen molar-refractivity contribution in [2.24, 2.45) is 0 Å². The Morgan fingerprint density at radius 2 is 1.81 bits per heavy atom. The highest BCUT2D eigenvalue weighted by Gasteiger charge is 2.20. The van der Waals surface area contributed by atoms with Gasteiger partial charge in [0.1, 0.15) is 24.4 Å². The molecular formula is C22H30N4O+2. The van der Waals surface area contributed by atoms with E-state index >= 15 is 0 Å². The first kappa shape index (κ1) is 19.3. The Labute approximate surface area is 160 Å². The number of nitrogens with two attached hydrogens (primary N) is 1. The number of aromatic nitrogens is 2. The first-order valence-corrected chi connectivity index (χ1v) is 9.82. The second-order valence-electron chi connectivity index (χ2n) is 7.06. The largest absolute Gasteiger partial charge is 0.330 e. The van der Waals surface area contributed by atoms with Crippen LogP contribution in [0.2, 0.25) is 0 Å². The summed E-state index contributed by atoms with van der Waals surface area (Å²) in [5.74, 6) is 0. The molecule has 0 saturated heterocycles. The molecular weight excluding hydrogens is 336 g/mol. The fourth-order valence-corrected chi connectivity index (χ4v) is 3.62. The van der Waals surface area contributed by atoms with Crippen molar-refractivity contribution in [1.29, 1.82) is 0 Å². The number of nitrogens with one attached hydrogen (secondary N) is 1. The fourth-order valence-electron chi connectivity index (χ4n) is 3.62. The van der Waals surface area contributed by atoms with Crippen LogP contribution in [0.1, 0.15) is 36.8 Å². The minimum Gasteiger partial charge on any atom is -0.330 e. The number of likely N-dealkylation sites (N-methyl/N-ethyl adjacent to an activating group) is 1. The van der Waals surface area contributed by atoms with E-state index in [1.165, 1.54) is 5.56 Å². The predicted molar refractivity (Wildman–Crippen MR) is 108 cm³/mol. The summed E-state index contributed by atoms with van der Waals surface area (Å²) in [6.07, 6.45) is 0. The van der Waals surface area contributed by atoms with E-state index < -0.39 is 0 Å². The van der Waals surface area contributed by atoms with Crippen LogP contribution in [0.15, 0.2) is 59.4 Å². The molecule has 142 valence electrons. The minimum atomic E-state index is -0.00729. The summed E-state index contributed by atoms with van der Waals surface area (Å²) in [6, 6.07) is 18.4. The Kier molecular flexibility index (Phi) is 6.37. The summed E-state index contributed by atoms with van der Waals surface area (Å²) >= 11 is 0. The molecule has 0 aliphatic rings. The van der Waals surface area contributed by atoms with Gasteiger partial charge in [0.15, 0.2) is 6.04 Å². The maximum atomic E-state index is 12.5. The van der Waals surface area contributed by atoms with Gasteiger partial charge in [-0.2, -0.15) is 0 Å². The van der Waals surface area contributed by atoms with Gasteiger partial charge in [-0.25, -0.2) is 4.98 Å². The topological polar surface area (TPSA) is 55.4 Å². The third-order valence-corrected chi connectivity index (χ3v) is 5.28. The van der Waals surface area contributed by atoms with Crippen LogP contribution in [0.5, 0.6) is 0 Å². The highest BCUT2D eigenvalue weighted by molar-refractivity contribution is 5.40. The summed E-state index contributed by atoms with van der Waals surface area (Å²) in [6.45, 7) is 10.4. The molecule has 2 heterocycles. The van der Waals surface area contributed by atoms with Crippen molar-refractivity contribution in [2.45, 2.75) is 33.4 Å². The van der Waals surface area contributed by atoms with E-state index in [2.05, 4.69) is 49.5 Å². The lowest BCUT2D eigenvalue weighted by molar-refractivity contribution is -0.919. The summed E-state index contributed by atoms with van der Waals surface area (Å²) in [7, 11) is 0. The molecule has 2 aromatic heterocycles. The molecule has 5 nitrogen and oxygen atoms in total. The molecule has 0 radical (unpaired) electrons.